The summed E-state index contributed by atoms with van der Waals surface area (Å²) in [5, 5.41) is 6.09. The van der Waals surface area contributed by atoms with Crippen LogP contribution >= 0.6 is 23.1 Å². The third-order valence-corrected chi connectivity index (χ3v) is 4.58. The second-order valence-electron chi connectivity index (χ2n) is 4.73. The van der Waals surface area contributed by atoms with Gasteiger partial charge >= 0.3 is 0 Å². The molecule has 0 saturated heterocycles. The average Bonchev–Trinajstić information content (AvgIpc) is 2.85. The molecule has 1 aromatic heterocycles. The number of rotatable bonds is 6. The van der Waals surface area contributed by atoms with Crippen molar-refractivity contribution in [2.75, 3.05) is 5.75 Å². The molecule has 20 heavy (non-hydrogen) atoms. The Morgan fingerprint density at radius 3 is 2.90 bits per heavy atom. The largest absolute Gasteiger partial charge is 0.309 e. The maximum absolute atomic E-state index is 14.1. The van der Waals surface area contributed by atoms with E-state index in [1.165, 1.54) is 17.4 Å². The predicted molar refractivity (Wildman–Crippen MR) is 85.9 cm³/mol. The minimum Gasteiger partial charge on any atom is -0.309 e. The van der Waals surface area contributed by atoms with Crippen molar-refractivity contribution in [1.29, 1.82) is 0 Å². The van der Waals surface area contributed by atoms with Gasteiger partial charge in [-0.1, -0.05) is 26.8 Å². The van der Waals surface area contributed by atoms with E-state index in [0.717, 1.165) is 27.9 Å². The van der Waals surface area contributed by atoms with Gasteiger partial charge in [0.25, 0.3) is 0 Å². The van der Waals surface area contributed by atoms with Gasteiger partial charge in [-0.2, -0.15) is 0 Å². The van der Waals surface area contributed by atoms with E-state index < -0.39 is 0 Å². The zero-order valence-corrected chi connectivity index (χ0v) is 13.6. The molecule has 108 valence electrons. The van der Waals surface area contributed by atoms with Crippen LogP contribution in [0.25, 0.3) is 10.6 Å². The maximum atomic E-state index is 14.1. The van der Waals surface area contributed by atoms with E-state index in [2.05, 4.69) is 31.1 Å². The van der Waals surface area contributed by atoms with Gasteiger partial charge in [-0.05, 0) is 17.9 Å². The number of aromatic nitrogens is 1. The lowest BCUT2D eigenvalue weighted by atomic mass is 10.2. The molecule has 1 heterocycles. The highest BCUT2D eigenvalue weighted by Crippen LogP contribution is 2.35. The fraction of sp³-hybridized carbons (Fsp3) is 0.400. The Balaban J connectivity index is 2.27. The van der Waals surface area contributed by atoms with E-state index in [4.69, 9.17) is 0 Å². The van der Waals surface area contributed by atoms with E-state index in [-0.39, 0.29) is 5.82 Å². The summed E-state index contributed by atoms with van der Waals surface area (Å²) in [5.41, 5.74) is 1.61. The normalized spacial score (nSPS) is 11.2. The van der Waals surface area contributed by atoms with Gasteiger partial charge in [-0.3, -0.25) is 0 Å². The lowest BCUT2D eigenvalue weighted by molar-refractivity contribution is 0.583. The molecule has 0 aliphatic rings. The third kappa shape index (κ3) is 3.81. The molecule has 1 aromatic carbocycles. The van der Waals surface area contributed by atoms with E-state index in [9.17, 15) is 4.39 Å². The lowest BCUT2D eigenvalue weighted by Crippen LogP contribution is -2.21. The van der Waals surface area contributed by atoms with Crippen LogP contribution in [0.2, 0.25) is 0 Å². The quantitative estimate of drug-likeness (QED) is 0.792. The number of hydrogen-bond donors (Lipinski definition) is 1. The Labute approximate surface area is 127 Å². The highest BCUT2D eigenvalue weighted by molar-refractivity contribution is 7.99. The molecule has 0 unspecified atom stereocenters. The van der Waals surface area contributed by atoms with E-state index in [1.54, 1.807) is 17.8 Å². The zero-order chi connectivity index (χ0) is 14.5. The second-order valence-corrected chi connectivity index (χ2v) is 6.89. The minimum atomic E-state index is -0.193. The van der Waals surface area contributed by atoms with Crippen LogP contribution < -0.4 is 5.32 Å². The van der Waals surface area contributed by atoms with Gasteiger partial charge in [0, 0.05) is 22.9 Å². The smallest absolute Gasteiger partial charge is 0.134 e. The molecule has 0 radical (unpaired) electrons. The Hall–Kier alpha value is -0.910. The van der Waals surface area contributed by atoms with Crippen LogP contribution in [0.4, 0.5) is 4.39 Å². The first-order valence-corrected chi connectivity index (χ1v) is 8.57. The molecule has 0 aliphatic carbocycles. The van der Waals surface area contributed by atoms with Crippen LogP contribution in [0.15, 0.2) is 28.5 Å². The Morgan fingerprint density at radius 1 is 1.40 bits per heavy atom. The first-order chi connectivity index (χ1) is 9.61. The highest BCUT2D eigenvalue weighted by Gasteiger charge is 2.14. The zero-order valence-electron chi connectivity index (χ0n) is 11.9. The van der Waals surface area contributed by atoms with Gasteiger partial charge in [-0.15, -0.1) is 23.1 Å². The summed E-state index contributed by atoms with van der Waals surface area (Å²) in [5.74, 6) is 0.727. The van der Waals surface area contributed by atoms with E-state index in [1.807, 2.05) is 11.4 Å². The number of thiazole rings is 1. The number of nitrogens with zero attached hydrogens (tertiary/aromatic N) is 1. The summed E-state index contributed by atoms with van der Waals surface area (Å²) in [6.45, 7) is 6.98. The van der Waals surface area contributed by atoms with E-state index >= 15 is 0 Å². The molecule has 2 aromatic rings. The van der Waals surface area contributed by atoms with Gasteiger partial charge < -0.3 is 5.32 Å². The number of benzene rings is 1. The molecule has 0 spiro atoms. The number of hydrogen-bond acceptors (Lipinski definition) is 4. The number of nitrogens with one attached hydrogen (secondary N) is 1. The molecular formula is C15H19FN2S2. The summed E-state index contributed by atoms with van der Waals surface area (Å²) in [7, 11) is 0. The molecule has 0 atom stereocenters. The fourth-order valence-electron chi connectivity index (χ4n) is 1.80. The summed E-state index contributed by atoms with van der Waals surface area (Å²) in [4.78, 5) is 5.52. The van der Waals surface area contributed by atoms with E-state index in [0.29, 0.717) is 11.6 Å². The molecule has 0 fully saturated rings. The Bertz CT molecular complexity index is 567. The van der Waals surface area contributed by atoms with Crippen molar-refractivity contribution in [3.63, 3.8) is 0 Å². The summed E-state index contributed by atoms with van der Waals surface area (Å²) >= 11 is 3.15. The third-order valence-electron chi connectivity index (χ3n) is 2.73. The van der Waals surface area contributed by atoms with Crippen LogP contribution in [-0.4, -0.2) is 16.8 Å². The summed E-state index contributed by atoms with van der Waals surface area (Å²) in [6, 6.07) is 5.63. The fourth-order valence-corrected chi connectivity index (χ4v) is 3.57. The molecule has 2 rings (SSSR count). The highest BCUT2D eigenvalue weighted by atomic mass is 32.2. The Morgan fingerprint density at radius 2 is 2.20 bits per heavy atom. The molecule has 0 bridgehead atoms. The number of thioether (sulfide) groups is 1. The molecular weight excluding hydrogens is 291 g/mol. The van der Waals surface area contributed by atoms with Crippen LogP contribution in [0.1, 0.15) is 26.5 Å². The van der Waals surface area contributed by atoms with Crippen LogP contribution in [0, 0.1) is 5.82 Å². The molecule has 5 heteroatoms. The van der Waals surface area contributed by atoms with Crippen molar-refractivity contribution in [1.82, 2.24) is 10.3 Å². The molecule has 0 amide bonds. The lowest BCUT2D eigenvalue weighted by Gasteiger charge is -2.07. The monoisotopic (exact) mass is 310 g/mol. The van der Waals surface area contributed by atoms with Gasteiger partial charge in [0.1, 0.15) is 10.8 Å². The van der Waals surface area contributed by atoms with Crippen molar-refractivity contribution >= 4 is 23.1 Å². The van der Waals surface area contributed by atoms with Gasteiger partial charge in [-0.25, -0.2) is 9.37 Å². The first kappa shape index (κ1) is 15.5. The van der Waals surface area contributed by atoms with Crippen LogP contribution in [0.3, 0.4) is 0 Å². The summed E-state index contributed by atoms with van der Waals surface area (Å²) in [6.07, 6.45) is 0. The standard InChI is InChI=1S/C15H19FN2S2/c1-4-19-13-7-5-6-12(16)14(13)15-18-11(9-20-15)8-17-10(2)3/h5-7,9-10,17H,4,8H2,1-3H3. The van der Waals surface area contributed by atoms with Crippen molar-refractivity contribution < 1.29 is 4.39 Å². The topological polar surface area (TPSA) is 24.9 Å². The predicted octanol–water partition coefficient (Wildman–Crippen LogP) is 4.56. The van der Waals surface area contributed by atoms with Crippen molar-refractivity contribution in [2.45, 2.75) is 38.3 Å². The number of halogens is 1. The maximum Gasteiger partial charge on any atom is 0.134 e. The minimum absolute atomic E-state index is 0.193. The molecule has 0 saturated carbocycles. The van der Waals surface area contributed by atoms with Gasteiger partial charge in [0.15, 0.2) is 0 Å². The summed E-state index contributed by atoms with van der Waals surface area (Å²) < 4.78 is 14.1. The SMILES string of the molecule is CCSc1cccc(F)c1-c1nc(CNC(C)C)cs1. The van der Waals surface area contributed by atoms with Gasteiger partial charge in [0.05, 0.1) is 11.3 Å². The second kappa shape index (κ2) is 7.20. The molecule has 2 nitrogen and oxygen atoms in total. The van der Waals surface area contributed by atoms with Crippen molar-refractivity contribution in [3.05, 3.63) is 35.1 Å². The first-order valence-electron chi connectivity index (χ1n) is 6.71. The van der Waals surface area contributed by atoms with Crippen molar-refractivity contribution in [3.8, 4) is 10.6 Å². The van der Waals surface area contributed by atoms with Crippen molar-refractivity contribution in [2.24, 2.45) is 0 Å². The Kier molecular flexibility index (Phi) is 5.57. The average molecular weight is 310 g/mol. The van der Waals surface area contributed by atoms with Gasteiger partial charge in [0.2, 0.25) is 0 Å². The molecule has 1 N–H and O–H groups in total. The molecule has 0 aliphatic heterocycles. The van der Waals surface area contributed by atoms with Crippen LogP contribution in [0.5, 0.6) is 0 Å². The van der Waals surface area contributed by atoms with Crippen LogP contribution in [-0.2, 0) is 6.54 Å².